The Balaban J connectivity index is 1.96. The molecule has 7 nitrogen and oxygen atoms in total. The highest BCUT2D eigenvalue weighted by Gasteiger charge is 2.47. The number of carbonyl (C=O) groups excluding carboxylic acids is 3. The highest BCUT2D eigenvalue weighted by Crippen LogP contribution is 2.43. The molecule has 1 heterocycles. The molecule has 0 radical (unpaired) electrons. The molecule has 1 amide bonds. The van der Waals surface area contributed by atoms with Gasteiger partial charge in [0.15, 0.2) is 0 Å². The number of carbonyl (C=O) groups is 3. The maximum absolute atomic E-state index is 13.3. The van der Waals surface area contributed by atoms with Gasteiger partial charge < -0.3 is 14.6 Å². The number of ketones is 1. The van der Waals surface area contributed by atoms with E-state index in [1.54, 1.807) is 60.7 Å². The molecule has 0 saturated carbocycles. The van der Waals surface area contributed by atoms with Crippen LogP contribution in [-0.4, -0.2) is 37.0 Å². The van der Waals surface area contributed by atoms with Crippen LogP contribution in [0, 0.1) is 0 Å². The zero-order chi connectivity index (χ0) is 24.4. The number of amides is 1. The Morgan fingerprint density at radius 1 is 0.971 bits per heavy atom. The minimum Gasteiger partial charge on any atom is -0.507 e. The third-order valence-electron chi connectivity index (χ3n) is 5.52. The van der Waals surface area contributed by atoms with E-state index in [0.717, 1.165) is 0 Å². The van der Waals surface area contributed by atoms with Gasteiger partial charge in [0, 0.05) is 10.7 Å². The highest BCUT2D eigenvalue weighted by molar-refractivity contribution is 6.51. The molecule has 1 aliphatic rings. The van der Waals surface area contributed by atoms with Crippen molar-refractivity contribution in [2.75, 3.05) is 19.1 Å². The molecular weight excluding hydrogens is 458 g/mol. The number of halogens is 1. The van der Waals surface area contributed by atoms with Crippen LogP contribution in [0.15, 0.2) is 78.4 Å². The maximum atomic E-state index is 13.3. The fourth-order valence-electron chi connectivity index (χ4n) is 3.96. The van der Waals surface area contributed by atoms with Crippen LogP contribution in [0.4, 0.5) is 5.69 Å². The summed E-state index contributed by atoms with van der Waals surface area (Å²) in [5.41, 5.74) is 1.16. The lowest BCUT2D eigenvalue weighted by atomic mass is 9.95. The van der Waals surface area contributed by atoms with Crippen LogP contribution in [0.25, 0.3) is 5.76 Å². The largest absolute Gasteiger partial charge is 0.507 e. The molecule has 1 fully saturated rings. The highest BCUT2D eigenvalue weighted by atomic mass is 35.5. The third kappa shape index (κ3) is 4.02. The number of aliphatic hydroxyl groups is 1. The Bertz CT molecular complexity index is 1320. The van der Waals surface area contributed by atoms with Gasteiger partial charge in [-0.25, -0.2) is 4.79 Å². The van der Waals surface area contributed by atoms with E-state index in [9.17, 15) is 19.5 Å². The summed E-state index contributed by atoms with van der Waals surface area (Å²) in [5.74, 6) is -2.44. The Morgan fingerprint density at radius 2 is 1.71 bits per heavy atom. The van der Waals surface area contributed by atoms with Crippen molar-refractivity contribution < 1.29 is 29.0 Å². The predicted molar refractivity (Wildman–Crippen MR) is 127 cm³/mol. The first-order valence-corrected chi connectivity index (χ1v) is 10.6. The van der Waals surface area contributed by atoms with Crippen molar-refractivity contribution in [2.24, 2.45) is 0 Å². The Labute approximate surface area is 200 Å². The van der Waals surface area contributed by atoms with Crippen molar-refractivity contribution in [3.8, 4) is 5.75 Å². The quantitative estimate of drug-likeness (QED) is 0.246. The summed E-state index contributed by atoms with van der Waals surface area (Å²) in [6.07, 6.45) is 0. The van der Waals surface area contributed by atoms with Gasteiger partial charge in [0.2, 0.25) is 0 Å². The van der Waals surface area contributed by atoms with E-state index in [1.807, 2.05) is 0 Å². The molecule has 0 spiro atoms. The van der Waals surface area contributed by atoms with Gasteiger partial charge >= 0.3 is 5.97 Å². The smallest absolute Gasteiger partial charge is 0.337 e. The van der Waals surface area contributed by atoms with E-state index in [4.69, 9.17) is 21.1 Å². The topological polar surface area (TPSA) is 93.1 Å². The number of Topliss-reactive ketones (excluding diaryl/α,β-unsaturated/α-hetero) is 1. The summed E-state index contributed by atoms with van der Waals surface area (Å²) >= 11 is 6.13. The van der Waals surface area contributed by atoms with Crippen LogP contribution < -0.4 is 9.64 Å². The van der Waals surface area contributed by atoms with E-state index in [2.05, 4.69) is 0 Å². The zero-order valence-corrected chi connectivity index (χ0v) is 19.1. The van der Waals surface area contributed by atoms with Crippen molar-refractivity contribution in [3.05, 3.63) is 100 Å². The first kappa shape index (κ1) is 23.1. The van der Waals surface area contributed by atoms with Crippen LogP contribution in [0.3, 0.4) is 0 Å². The third-order valence-corrected chi connectivity index (χ3v) is 5.76. The minimum atomic E-state index is -0.960. The van der Waals surface area contributed by atoms with Gasteiger partial charge in [0.1, 0.15) is 11.5 Å². The number of anilines is 1. The van der Waals surface area contributed by atoms with E-state index in [0.29, 0.717) is 16.3 Å². The number of benzene rings is 3. The normalized spacial score (nSPS) is 17.0. The molecule has 172 valence electrons. The number of esters is 1. The zero-order valence-electron chi connectivity index (χ0n) is 18.3. The van der Waals surface area contributed by atoms with Crippen molar-refractivity contribution in [1.29, 1.82) is 0 Å². The SMILES string of the molecule is COC(=O)c1cccc(N2C(=O)C(=O)/C(=C(/O)c3cc(Cl)ccc3OC)C2c2ccccc2)c1. The van der Waals surface area contributed by atoms with Gasteiger partial charge in [-0.2, -0.15) is 0 Å². The number of aliphatic hydroxyl groups excluding tert-OH is 1. The first-order valence-electron chi connectivity index (χ1n) is 10.3. The molecule has 3 aromatic rings. The molecule has 34 heavy (non-hydrogen) atoms. The lowest BCUT2D eigenvalue weighted by Crippen LogP contribution is -2.29. The molecular formula is C26H20ClNO6. The fraction of sp³-hybridized carbons (Fsp3) is 0.115. The van der Waals surface area contributed by atoms with Crippen molar-refractivity contribution in [2.45, 2.75) is 6.04 Å². The average molecular weight is 478 g/mol. The van der Waals surface area contributed by atoms with Crippen LogP contribution in [-0.2, 0) is 14.3 Å². The van der Waals surface area contributed by atoms with Gasteiger partial charge in [-0.3, -0.25) is 14.5 Å². The first-order chi connectivity index (χ1) is 16.4. The minimum absolute atomic E-state index is 0.125. The Kier molecular flexibility index (Phi) is 6.38. The average Bonchev–Trinajstić information content (AvgIpc) is 3.14. The monoisotopic (exact) mass is 477 g/mol. The Morgan fingerprint density at radius 3 is 2.38 bits per heavy atom. The second-order valence-electron chi connectivity index (χ2n) is 7.47. The van der Waals surface area contributed by atoms with E-state index < -0.39 is 29.5 Å². The summed E-state index contributed by atoms with van der Waals surface area (Å²) in [5, 5.41) is 11.6. The number of hydrogen-bond acceptors (Lipinski definition) is 6. The van der Waals surface area contributed by atoms with Crippen molar-refractivity contribution >= 4 is 40.7 Å². The van der Waals surface area contributed by atoms with Gasteiger partial charge in [0.05, 0.1) is 37.0 Å². The molecule has 1 aliphatic heterocycles. The van der Waals surface area contributed by atoms with Gasteiger partial charge in [-0.15, -0.1) is 0 Å². The lowest BCUT2D eigenvalue weighted by Gasteiger charge is -2.26. The number of hydrogen-bond donors (Lipinski definition) is 1. The number of ether oxygens (including phenoxy) is 2. The van der Waals surface area contributed by atoms with Crippen molar-refractivity contribution in [3.63, 3.8) is 0 Å². The second-order valence-corrected chi connectivity index (χ2v) is 7.90. The fourth-order valence-corrected chi connectivity index (χ4v) is 4.13. The second kappa shape index (κ2) is 9.41. The molecule has 1 N–H and O–H groups in total. The molecule has 1 unspecified atom stereocenters. The standard InChI is InChI=1S/C26H20ClNO6/c1-33-20-12-11-17(27)14-19(20)23(29)21-22(15-7-4-3-5-8-15)28(25(31)24(21)30)18-10-6-9-16(13-18)26(32)34-2/h3-14,22,29H,1-2H3/b23-21+. The van der Waals surface area contributed by atoms with Crippen LogP contribution in [0.5, 0.6) is 5.75 Å². The Hall–Kier alpha value is -4.10. The molecule has 4 rings (SSSR count). The predicted octanol–water partition coefficient (Wildman–Crippen LogP) is 4.76. The molecule has 3 aromatic carbocycles. The summed E-state index contributed by atoms with van der Waals surface area (Å²) in [6, 6.07) is 18.7. The van der Waals surface area contributed by atoms with Gasteiger partial charge in [-0.1, -0.05) is 48.0 Å². The molecule has 1 atom stereocenters. The van der Waals surface area contributed by atoms with Gasteiger partial charge in [0.25, 0.3) is 11.7 Å². The summed E-state index contributed by atoms with van der Waals surface area (Å²) in [7, 11) is 2.68. The lowest BCUT2D eigenvalue weighted by molar-refractivity contribution is -0.132. The summed E-state index contributed by atoms with van der Waals surface area (Å²) in [6.45, 7) is 0. The van der Waals surface area contributed by atoms with E-state index >= 15 is 0 Å². The van der Waals surface area contributed by atoms with Gasteiger partial charge in [-0.05, 0) is 42.0 Å². The van der Waals surface area contributed by atoms with Crippen LogP contribution in [0.2, 0.25) is 5.02 Å². The number of nitrogens with zero attached hydrogens (tertiary/aromatic N) is 1. The molecule has 0 aromatic heterocycles. The van der Waals surface area contributed by atoms with E-state index in [-0.39, 0.29) is 22.4 Å². The summed E-state index contributed by atoms with van der Waals surface area (Å²) in [4.78, 5) is 39.9. The molecule has 8 heteroatoms. The number of rotatable bonds is 5. The maximum Gasteiger partial charge on any atom is 0.337 e. The van der Waals surface area contributed by atoms with Crippen LogP contribution in [0.1, 0.15) is 27.5 Å². The van der Waals surface area contributed by atoms with Crippen molar-refractivity contribution in [1.82, 2.24) is 0 Å². The van der Waals surface area contributed by atoms with E-state index in [1.165, 1.54) is 31.3 Å². The number of methoxy groups -OCH3 is 2. The summed E-state index contributed by atoms with van der Waals surface area (Å²) < 4.78 is 10.1. The molecule has 0 aliphatic carbocycles. The molecule has 0 bridgehead atoms. The molecule has 1 saturated heterocycles. The van der Waals surface area contributed by atoms with Crippen LogP contribution >= 0.6 is 11.6 Å².